The predicted octanol–water partition coefficient (Wildman–Crippen LogP) is 5.23. The fourth-order valence-electron chi connectivity index (χ4n) is 8.43. The molecule has 0 bridgehead atoms. The monoisotopic (exact) mass is 496 g/mol. The predicted molar refractivity (Wildman–Crippen MR) is 121 cm³/mol. The van der Waals surface area contributed by atoms with Gasteiger partial charge in [-0.05, 0) is 80.5 Å². The third-order valence-electron chi connectivity index (χ3n) is 9.77. The van der Waals surface area contributed by atoms with Crippen LogP contribution in [0.25, 0.3) is 0 Å². The van der Waals surface area contributed by atoms with Crippen molar-refractivity contribution in [3.05, 3.63) is 0 Å². The van der Waals surface area contributed by atoms with E-state index in [-0.39, 0.29) is 40.9 Å². The molecule has 4 fully saturated rings. The summed E-state index contributed by atoms with van der Waals surface area (Å²) in [6.07, 6.45) is 7.17. The van der Waals surface area contributed by atoms with E-state index >= 15 is 0 Å². The van der Waals surface area contributed by atoms with Crippen molar-refractivity contribution < 1.29 is 23.9 Å². The van der Waals surface area contributed by atoms with E-state index in [0.717, 1.165) is 44.9 Å². The van der Waals surface area contributed by atoms with Gasteiger partial charge in [-0.3, -0.25) is 14.4 Å². The molecule has 7 unspecified atom stereocenters. The average Bonchev–Trinajstić information content (AvgIpc) is 2.99. The first-order valence-electron chi connectivity index (χ1n) is 12.0. The van der Waals surface area contributed by atoms with Crippen molar-refractivity contribution in [3.63, 3.8) is 0 Å². The van der Waals surface area contributed by atoms with Gasteiger partial charge in [0.2, 0.25) is 0 Å². The lowest BCUT2D eigenvalue weighted by Crippen LogP contribution is -2.67. The van der Waals surface area contributed by atoms with Crippen LogP contribution in [0.15, 0.2) is 0 Å². The number of alkyl halides is 1. The van der Waals surface area contributed by atoms with Gasteiger partial charge in [-0.15, -0.1) is 0 Å². The molecule has 4 aliphatic carbocycles. The molecular weight excluding hydrogens is 460 g/mol. The Bertz CT molecular complexity index is 782. The molecule has 0 aromatic rings. The van der Waals surface area contributed by atoms with E-state index in [0.29, 0.717) is 30.0 Å². The Labute approximate surface area is 194 Å². The summed E-state index contributed by atoms with van der Waals surface area (Å²) in [5.74, 6) is 1.25. The zero-order valence-corrected chi connectivity index (χ0v) is 21.1. The van der Waals surface area contributed by atoms with Crippen LogP contribution in [-0.2, 0) is 23.9 Å². The zero-order valence-electron chi connectivity index (χ0n) is 19.5. The Morgan fingerprint density at radius 1 is 1.03 bits per heavy atom. The molecule has 0 N–H and O–H groups in total. The molecule has 5 nitrogen and oxygen atoms in total. The number of carbonyl (C=O) groups is 3. The van der Waals surface area contributed by atoms with E-state index in [1.807, 2.05) is 6.92 Å². The van der Waals surface area contributed by atoms with Crippen molar-refractivity contribution in [2.45, 2.75) is 103 Å². The normalized spacial score (nSPS) is 47.5. The Kier molecular flexibility index (Phi) is 5.89. The van der Waals surface area contributed by atoms with E-state index in [1.165, 1.54) is 13.8 Å². The molecule has 0 spiro atoms. The average molecular weight is 497 g/mol. The summed E-state index contributed by atoms with van der Waals surface area (Å²) in [6.45, 7) is 9.52. The second kappa shape index (κ2) is 7.85. The Morgan fingerprint density at radius 2 is 1.71 bits per heavy atom. The lowest BCUT2D eigenvalue weighted by molar-refractivity contribution is -0.165. The molecule has 0 saturated heterocycles. The highest BCUT2D eigenvalue weighted by molar-refractivity contribution is 9.10. The number of rotatable bonds is 3. The van der Waals surface area contributed by atoms with Crippen LogP contribution in [0.4, 0.5) is 0 Å². The van der Waals surface area contributed by atoms with E-state index in [9.17, 15) is 14.4 Å². The number of hydrogen-bond acceptors (Lipinski definition) is 5. The third kappa shape index (κ3) is 3.41. The maximum absolute atomic E-state index is 14.0. The van der Waals surface area contributed by atoms with E-state index in [4.69, 9.17) is 9.47 Å². The molecule has 4 rings (SSSR count). The van der Waals surface area contributed by atoms with Crippen molar-refractivity contribution in [1.82, 2.24) is 0 Å². The third-order valence-corrected chi connectivity index (χ3v) is 11.7. The number of esters is 2. The lowest BCUT2D eigenvalue weighted by Gasteiger charge is -2.64. The molecule has 0 radical (unpaired) electrons. The minimum Gasteiger partial charge on any atom is -0.463 e. The first-order valence-corrected chi connectivity index (χ1v) is 12.8. The molecule has 174 valence electrons. The molecule has 9 atom stereocenters. The van der Waals surface area contributed by atoms with Gasteiger partial charge < -0.3 is 9.47 Å². The van der Waals surface area contributed by atoms with Gasteiger partial charge in [0.05, 0.1) is 4.32 Å². The second-order valence-electron chi connectivity index (χ2n) is 11.2. The smallest absolute Gasteiger partial charge is 0.302 e. The number of hydrogen-bond donors (Lipinski definition) is 0. The molecule has 31 heavy (non-hydrogen) atoms. The second-order valence-corrected chi connectivity index (χ2v) is 12.5. The number of ether oxygens (including phenoxy) is 2. The summed E-state index contributed by atoms with van der Waals surface area (Å²) in [5, 5.41) is 0. The van der Waals surface area contributed by atoms with Crippen LogP contribution in [0, 0.1) is 34.5 Å². The van der Waals surface area contributed by atoms with Gasteiger partial charge in [0.1, 0.15) is 12.2 Å². The Balaban J connectivity index is 1.62. The number of halogens is 1. The van der Waals surface area contributed by atoms with Crippen LogP contribution in [0.5, 0.6) is 0 Å². The number of Topliss-reactive ketones (excluding diaryl/α,β-unsaturated/α-hetero) is 1. The topological polar surface area (TPSA) is 69.7 Å². The van der Waals surface area contributed by atoms with Crippen molar-refractivity contribution in [2.75, 3.05) is 0 Å². The molecule has 4 aliphatic rings. The number of ketones is 1. The fourth-order valence-corrected chi connectivity index (χ4v) is 9.64. The largest absolute Gasteiger partial charge is 0.463 e. The highest BCUT2D eigenvalue weighted by Crippen LogP contribution is 2.71. The van der Waals surface area contributed by atoms with Crippen molar-refractivity contribution >= 4 is 33.7 Å². The van der Waals surface area contributed by atoms with E-state index < -0.39 is 4.32 Å². The minimum absolute atomic E-state index is 0.0207. The van der Waals surface area contributed by atoms with Crippen molar-refractivity contribution in [3.8, 4) is 0 Å². The van der Waals surface area contributed by atoms with Crippen LogP contribution in [0.3, 0.4) is 0 Å². The minimum atomic E-state index is -0.506. The first kappa shape index (κ1) is 23.3. The standard InChI is InChI=1S/C25H37BrO5/c1-14(30-15(2)27)19-8-9-20-21-7-6-17-12-18(31-16(3)28)10-11-24(17,5)25(21,26)22(29)13-23(19,20)4/h14,17-21H,6-13H2,1-5H3/t14?,17-,18?,19?,20?,21?,23?,24?,25-/m0/s1. The quantitative estimate of drug-likeness (QED) is 0.395. The summed E-state index contributed by atoms with van der Waals surface area (Å²) in [4.78, 5) is 37.0. The molecule has 0 aromatic carbocycles. The van der Waals surface area contributed by atoms with Gasteiger partial charge in [0.25, 0.3) is 0 Å². The summed E-state index contributed by atoms with van der Waals surface area (Å²) in [6, 6.07) is 0. The van der Waals surface area contributed by atoms with Gasteiger partial charge in [-0.1, -0.05) is 29.8 Å². The summed E-state index contributed by atoms with van der Waals surface area (Å²) < 4.78 is 10.6. The van der Waals surface area contributed by atoms with Crippen LogP contribution >= 0.6 is 15.9 Å². The van der Waals surface area contributed by atoms with E-state index in [2.05, 4.69) is 29.8 Å². The summed E-state index contributed by atoms with van der Waals surface area (Å²) in [5.41, 5.74) is -0.239. The van der Waals surface area contributed by atoms with Crippen LogP contribution in [-0.4, -0.2) is 34.3 Å². The number of carbonyl (C=O) groups excluding carboxylic acids is 3. The maximum atomic E-state index is 14.0. The van der Waals surface area contributed by atoms with Gasteiger partial charge in [-0.2, -0.15) is 0 Å². The van der Waals surface area contributed by atoms with Gasteiger partial charge in [0, 0.05) is 26.2 Å². The first-order chi connectivity index (χ1) is 14.4. The zero-order chi connectivity index (χ0) is 22.8. The molecule has 0 aliphatic heterocycles. The highest BCUT2D eigenvalue weighted by Gasteiger charge is 2.70. The van der Waals surface area contributed by atoms with Crippen LogP contribution < -0.4 is 0 Å². The molecule has 0 heterocycles. The Hall–Kier alpha value is -0.910. The van der Waals surface area contributed by atoms with Crippen molar-refractivity contribution in [1.29, 1.82) is 0 Å². The Morgan fingerprint density at radius 3 is 2.35 bits per heavy atom. The van der Waals surface area contributed by atoms with Crippen LogP contribution in [0.2, 0.25) is 0 Å². The van der Waals surface area contributed by atoms with Crippen LogP contribution in [0.1, 0.15) is 86.0 Å². The molecular formula is C25H37BrO5. The summed E-state index contributed by atoms with van der Waals surface area (Å²) >= 11 is 4.12. The summed E-state index contributed by atoms with van der Waals surface area (Å²) in [7, 11) is 0. The molecule has 0 amide bonds. The van der Waals surface area contributed by atoms with Gasteiger partial charge >= 0.3 is 11.9 Å². The molecule has 4 saturated carbocycles. The molecule has 0 aromatic heterocycles. The maximum Gasteiger partial charge on any atom is 0.302 e. The van der Waals surface area contributed by atoms with E-state index in [1.54, 1.807) is 0 Å². The molecule has 6 heteroatoms. The van der Waals surface area contributed by atoms with Gasteiger partial charge in [0.15, 0.2) is 5.78 Å². The number of fused-ring (bicyclic) bond motifs is 5. The fraction of sp³-hybridized carbons (Fsp3) is 0.880. The van der Waals surface area contributed by atoms with Gasteiger partial charge in [-0.25, -0.2) is 0 Å². The lowest BCUT2D eigenvalue weighted by atomic mass is 9.44. The highest BCUT2D eigenvalue weighted by atomic mass is 79.9. The SMILES string of the molecule is CC(=O)OC1CCC2(C)[C@@H](CCC3C4CCC(C(C)OC(C)=O)C4(C)CC(=O)[C@@]32Br)C1. The van der Waals surface area contributed by atoms with Crippen molar-refractivity contribution in [2.24, 2.45) is 34.5 Å².